The first-order valence-corrected chi connectivity index (χ1v) is 8.43. The predicted octanol–water partition coefficient (Wildman–Crippen LogP) is 2.11. The lowest BCUT2D eigenvalue weighted by Gasteiger charge is -2.14. The van der Waals surface area contributed by atoms with Gasteiger partial charge in [-0.3, -0.25) is 10.9 Å². The van der Waals surface area contributed by atoms with E-state index in [1.165, 1.54) is 4.90 Å². The van der Waals surface area contributed by atoms with Gasteiger partial charge >= 0.3 is 0 Å². The fraction of sp³-hybridized carbons (Fsp3) is 0.385. The number of nitrogens with one attached hydrogen (secondary N) is 4. The molecule has 0 aliphatic carbocycles. The van der Waals surface area contributed by atoms with Crippen molar-refractivity contribution < 1.29 is 4.74 Å². The van der Waals surface area contributed by atoms with Gasteiger partial charge in [-0.2, -0.15) is 0 Å². The standard InChI is InChI=1S/C13H20N4OS3/c1-18-8-4-7-14-12(19)16-17-13(20)15-10-5-3-6-11(9-10)21-2/h3,5-6,9H,4,7-8H2,1-2H3,(H2,14,16,19)(H2,15,17,20). The largest absolute Gasteiger partial charge is 0.385 e. The van der Waals surface area contributed by atoms with Crippen LogP contribution < -0.4 is 21.5 Å². The van der Waals surface area contributed by atoms with Crippen molar-refractivity contribution in [2.24, 2.45) is 0 Å². The van der Waals surface area contributed by atoms with E-state index in [1.807, 2.05) is 30.5 Å². The van der Waals surface area contributed by atoms with Crippen molar-refractivity contribution >= 4 is 52.1 Å². The molecule has 0 aliphatic rings. The smallest absolute Gasteiger partial charge is 0.189 e. The van der Waals surface area contributed by atoms with E-state index < -0.39 is 0 Å². The van der Waals surface area contributed by atoms with E-state index in [0.29, 0.717) is 16.8 Å². The van der Waals surface area contributed by atoms with Crippen LogP contribution in [0.25, 0.3) is 0 Å². The van der Waals surface area contributed by atoms with Crippen molar-refractivity contribution in [1.29, 1.82) is 0 Å². The van der Waals surface area contributed by atoms with Crippen LogP contribution in [0.2, 0.25) is 0 Å². The lowest BCUT2D eigenvalue weighted by Crippen LogP contribution is -2.48. The van der Waals surface area contributed by atoms with Gasteiger partial charge in [-0.25, -0.2) is 0 Å². The second-order valence-corrected chi connectivity index (χ2v) is 5.73. The Kier molecular flexibility index (Phi) is 9.07. The summed E-state index contributed by atoms with van der Waals surface area (Å²) in [5.41, 5.74) is 6.60. The van der Waals surface area contributed by atoms with Gasteiger partial charge in [0.2, 0.25) is 0 Å². The van der Waals surface area contributed by atoms with E-state index in [0.717, 1.165) is 18.7 Å². The molecule has 0 radical (unpaired) electrons. The fourth-order valence-electron chi connectivity index (χ4n) is 1.44. The highest BCUT2D eigenvalue weighted by Gasteiger charge is 2.00. The lowest BCUT2D eigenvalue weighted by molar-refractivity contribution is 0.195. The molecule has 1 aromatic carbocycles. The Morgan fingerprint density at radius 2 is 2.00 bits per heavy atom. The van der Waals surface area contributed by atoms with E-state index in [4.69, 9.17) is 29.2 Å². The van der Waals surface area contributed by atoms with E-state index in [9.17, 15) is 0 Å². The molecule has 0 fully saturated rings. The molecule has 1 rings (SSSR count). The average molecular weight is 345 g/mol. The number of hydrogen-bond acceptors (Lipinski definition) is 4. The Morgan fingerprint density at radius 3 is 2.71 bits per heavy atom. The molecule has 5 nitrogen and oxygen atoms in total. The van der Waals surface area contributed by atoms with Crippen LogP contribution >= 0.6 is 36.2 Å². The molecule has 0 bridgehead atoms. The first-order valence-electron chi connectivity index (χ1n) is 6.39. The van der Waals surface area contributed by atoms with E-state index in [-0.39, 0.29) is 0 Å². The summed E-state index contributed by atoms with van der Waals surface area (Å²) in [6.07, 6.45) is 2.92. The molecular weight excluding hydrogens is 324 g/mol. The summed E-state index contributed by atoms with van der Waals surface area (Å²) in [5, 5.41) is 7.07. The number of hydrogen-bond donors (Lipinski definition) is 4. The number of methoxy groups -OCH3 is 1. The maximum atomic E-state index is 5.19. The zero-order valence-corrected chi connectivity index (χ0v) is 14.5. The predicted molar refractivity (Wildman–Crippen MR) is 97.8 cm³/mol. The zero-order valence-electron chi connectivity index (χ0n) is 12.1. The van der Waals surface area contributed by atoms with E-state index in [1.54, 1.807) is 18.9 Å². The number of benzene rings is 1. The summed E-state index contributed by atoms with van der Waals surface area (Å²) in [7, 11) is 1.67. The molecule has 0 aromatic heterocycles. The van der Waals surface area contributed by atoms with Crippen molar-refractivity contribution in [1.82, 2.24) is 16.2 Å². The molecule has 116 valence electrons. The summed E-state index contributed by atoms with van der Waals surface area (Å²) >= 11 is 12.0. The third-order valence-electron chi connectivity index (χ3n) is 2.43. The number of rotatable bonds is 6. The molecular formula is C13H20N4OS3. The molecule has 1 aromatic rings. The lowest BCUT2D eigenvalue weighted by atomic mass is 10.3. The van der Waals surface area contributed by atoms with Crippen LogP contribution in [0.3, 0.4) is 0 Å². The van der Waals surface area contributed by atoms with Gasteiger partial charge in [0, 0.05) is 30.8 Å². The minimum atomic E-state index is 0.453. The monoisotopic (exact) mass is 344 g/mol. The highest BCUT2D eigenvalue weighted by Crippen LogP contribution is 2.18. The highest BCUT2D eigenvalue weighted by atomic mass is 32.2. The van der Waals surface area contributed by atoms with Crippen LogP contribution in [0.1, 0.15) is 6.42 Å². The van der Waals surface area contributed by atoms with Crippen LogP contribution in [0, 0.1) is 0 Å². The number of anilines is 1. The van der Waals surface area contributed by atoms with Crippen molar-refractivity contribution in [2.45, 2.75) is 11.3 Å². The van der Waals surface area contributed by atoms with Crippen LogP contribution in [0.4, 0.5) is 5.69 Å². The zero-order chi connectivity index (χ0) is 15.5. The van der Waals surface area contributed by atoms with Crippen molar-refractivity contribution in [3.05, 3.63) is 24.3 Å². The van der Waals surface area contributed by atoms with Crippen molar-refractivity contribution in [2.75, 3.05) is 31.8 Å². The van der Waals surface area contributed by atoms with Gasteiger partial charge in [0.15, 0.2) is 10.2 Å². The molecule has 0 atom stereocenters. The Balaban J connectivity index is 2.25. The fourth-order valence-corrected chi connectivity index (χ4v) is 2.22. The normalized spacial score (nSPS) is 9.81. The maximum Gasteiger partial charge on any atom is 0.189 e. The molecule has 21 heavy (non-hydrogen) atoms. The van der Waals surface area contributed by atoms with Crippen LogP contribution in [-0.2, 0) is 4.74 Å². The SMILES string of the molecule is COCCCNC(=S)NNC(=S)Nc1cccc(SC)c1. The maximum absolute atomic E-state index is 5.19. The van der Waals surface area contributed by atoms with Gasteiger partial charge in [-0.1, -0.05) is 6.07 Å². The Hall–Kier alpha value is -1.09. The number of thiocarbonyl (C=S) groups is 2. The quantitative estimate of drug-likeness (QED) is 0.271. The van der Waals surface area contributed by atoms with Crippen LogP contribution in [-0.4, -0.2) is 36.7 Å². The van der Waals surface area contributed by atoms with E-state index >= 15 is 0 Å². The first kappa shape index (κ1) is 18.0. The Labute approximate surface area is 140 Å². The van der Waals surface area contributed by atoms with Crippen LogP contribution in [0.15, 0.2) is 29.2 Å². The molecule has 0 unspecified atom stereocenters. The number of ether oxygens (including phenoxy) is 1. The van der Waals surface area contributed by atoms with Gasteiger partial charge in [0.1, 0.15) is 0 Å². The third-order valence-corrected chi connectivity index (χ3v) is 3.60. The Bertz CT molecular complexity index is 470. The molecule has 8 heteroatoms. The minimum absolute atomic E-state index is 0.453. The molecule has 0 saturated carbocycles. The second kappa shape index (κ2) is 10.6. The van der Waals surface area contributed by atoms with Gasteiger partial charge in [0.05, 0.1) is 0 Å². The van der Waals surface area contributed by atoms with E-state index in [2.05, 4.69) is 21.5 Å². The summed E-state index contributed by atoms with van der Waals surface area (Å²) < 4.78 is 4.96. The van der Waals surface area contributed by atoms with Crippen LogP contribution in [0.5, 0.6) is 0 Å². The summed E-state index contributed by atoms with van der Waals surface area (Å²) in [6.45, 7) is 1.45. The summed E-state index contributed by atoms with van der Waals surface area (Å²) in [4.78, 5) is 1.17. The number of hydrazine groups is 1. The first-order chi connectivity index (χ1) is 10.2. The van der Waals surface area contributed by atoms with Crippen molar-refractivity contribution in [3.63, 3.8) is 0 Å². The average Bonchev–Trinajstić information content (AvgIpc) is 2.50. The molecule has 0 aliphatic heterocycles. The van der Waals surface area contributed by atoms with Gasteiger partial charge in [-0.15, -0.1) is 11.8 Å². The summed E-state index contributed by atoms with van der Waals surface area (Å²) in [5.74, 6) is 0. The second-order valence-electron chi connectivity index (χ2n) is 4.04. The molecule has 4 N–H and O–H groups in total. The molecule has 0 spiro atoms. The molecule has 0 saturated heterocycles. The van der Waals surface area contributed by atoms with Gasteiger partial charge in [-0.05, 0) is 55.3 Å². The van der Waals surface area contributed by atoms with Gasteiger partial charge < -0.3 is 15.4 Å². The van der Waals surface area contributed by atoms with Crippen molar-refractivity contribution in [3.8, 4) is 0 Å². The Morgan fingerprint density at radius 1 is 1.24 bits per heavy atom. The topological polar surface area (TPSA) is 57.4 Å². The molecule has 0 amide bonds. The third kappa shape index (κ3) is 8.05. The summed E-state index contributed by atoms with van der Waals surface area (Å²) in [6, 6.07) is 8.00. The number of thioether (sulfide) groups is 1. The minimum Gasteiger partial charge on any atom is -0.385 e. The molecule has 0 heterocycles. The highest BCUT2D eigenvalue weighted by molar-refractivity contribution is 7.98. The van der Waals surface area contributed by atoms with Gasteiger partial charge in [0.25, 0.3) is 0 Å².